The lowest BCUT2D eigenvalue weighted by Crippen LogP contribution is -2.44. The van der Waals surface area contributed by atoms with Crippen molar-refractivity contribution >= 4 is 23.6 Å². The van der Waals surface area contributed by atoms with Crippen LogP contribution in [0.1, 0.15) is 19.4 Å². The Morgan fingerprint density at radius 3 is 2.76 bits per heavy atom. The fraction of sp³-hybridized carbons (Fsp3) is 0.286. The molecule has 7 nitrogen and oxygen atoms in total. The molecule has 1 rings (SSSR count). The molecule has 0 spiro atoms. The molecule has 1 aromatic carbocycles. The van der Waals surface area contributed by atoms with E-state index in [1.807, 2.05) is 0 Å². The first kappa shape index (κ1) is 16.4. The van der Waals surface area contributed by atoms with Crippen LogP contribution in [0.5, 0.6) is 0 Å². The van der Waals surface area contributed by atoms with Crippen molar-refractivity contribution in [3.8, 4) is 0 Å². The Kier molecular flexibility index (Phi) is 6.06. The molecule has 112 valence electrons. The van der Waals surface area contributed by atoms with Gasteiger partial charge in [0, 0.05) is 24.8 Å². The van der Waals surface area contributed by atoms with Crippen LogP contribution in [0, 0.1) is 10.1 Å². The summed E-state index contributed by atoms with van der Waals surface area (Å²) in [5.74, 6) is -0.713. The van der Waals surface area contributed by atoms with E-state index in [-0.39, 0.29) is 11.6 Å². The topological polar surface area (TPSA) is 101 Å². The smallest absolute Gasteiger partial charge is 0.270 e. The van der Waals surface area contributed by atoms with Crippen molar-refractivity contribution in [2.75, 3.05) is 6.54 Å². The first-order valence-corrected chi connectivity index (χ1v) is 6.44. The molecule has 21 heavy (non-hydrogen) atoms. The second-order valence-corrected chi connectivity index (χ2v) is 4.31. The van der Waals surface area contributed by atoms with E-state index in [0.29, 0.717) is 12.1 Å². The van der Waals surface area contributed by atoms with Gasteiger partial charge in [0.25, 0.3) is 5.69 Å². The fourth-order valence-electron chi connectivity index (χ4n) is 1.57. The quantitative estimate of drug-likeness (QED) is 0.468. The van der Waals surface area contributed by atoms with Crippen LogP contribution in [-0.4, -0.2) is 29.3 Å². The standard InChI is InChI=1S/C14H17N3O4/c1-3-15-14(19)10(2)16-13(18)8-7-11-5-4-6-12(9-11)17(20)21/h4-10H,3H2,1-2H3,(H,15,19)(H,16,18)/b8-7+/t10-/m1/s1. The van der Waals surface area contributed by atoms with Gasteiger partial charge in [-0.1, -0.05) is 12.1 Å². The molecule has 0 radical (unpaired) electrons. The summed E-state index contributed by atoms with van der Waals surface area (Å²) < 4.78 is 0. The summed E-state index contributed by atoms with van der Waals surface area (Å²) in [6.45, 7) is 3.85. The lowest BCUT2D eigenvalue weighted by Gasteiger charge is -2.11. The first-order valence-electron chi connectivity index (χ1n) is 6.44. The summed E-state index contributed by atoms with van der Waals surface area (Å²) in [6, 6.07) is 5.26. The van der Waals surface area contributed by atoms with Crippen LogP contribution < -0.4 is 10.6 Å². The minimum atomic E-state index is -0.646. The number of hydrogen-bond donors (Lipinski definition) is 2. The number of carbonyl (C=O) groups is 2. The molecule has 0 aliphatic heterocycles. The molecular weight excluding hydrogens is 274 g/mol. The highest BCUT2D eigenvalue weighted by atomic mass is 16.6. The van der Waals surface area contributed by atoms with Crippen molar-refractivity contribution in [3.63, 3.8) is 0 Å². The summed E-state index contributed by atoms with van der Waals surface area (Å²) in [5.41, 5.74) is 0.485. The van der Waals surface area contributed by atoms with Gasteiger partial charge in [-0.3, -0.25) is 19.7 Å². The van der Waals surface area contributed by atoms with Crippen LogP contribution in [0.25, 0.3) is 6.08 Å². The Hall–Kier alpha value is -2.70. The summed E-state index contributed by atoms with van der Waals surface area (Å²) in [5, 5.41) is 15.7. The summed E-state index contributed by atoms with van der Waals surface area (Å²) in [6.07, 6.45) is 2.68. The molecule has 1 aromatic rings. The number of nitro groups is 1. The van der Waals surface area contributed by atoms with E-state index in [2.05, 4.69) is 10.6 Å². The summed E-state index contributed by atoms with van der Waals surface area (Å²) >= 11 is 0. The van der Waals surface area contributed by atoms with Gasteiger partial charge in [-0.05, 0) is 25.5 Å². The van der Waals surface area contributed by atoms with Crippen LogP contribution >= 0.6 is 0 Å². The highest BCUT2D eigenvalue weighted by molar-refractivity contribution is 5.95. The molecule has 0 unspecified atom stereocenters. The van der Waals surface area contributed by atoms with Crippen molar-refractivity contribution in [1.29, 1.82) is 0 Å². The van der Waals surface area contributed by atoms with Gasteiger partial charge in [-0.15, -0.1) is 0 Å². The minimum Gasteiger partial charge on any atom is -0.355 e. The second kappa shape index (κ2) is 7.78. The van der Waals surface area contributed by atoms with Crippen LogP contribution in [0.15, 0.2) is 30.3 Å². The Morgan fingerprint density at radius 2 is 2.14 bits per heavy atom. The first-order chi connectivity index (χ1) is 9.93. The Morgan fingerprint density at radius 1 is 1.43 bits per heavy atom. The third kappa shape index (κ3) is 5.43. The molecule has 2 N–H and O–H groups in total. The maximum absolute atomic E-state index is 11.6. The molecule has 0 aliphatic rings. The molecule has 0 bridgehead atoms. The number of benzene rings is 1. The number of rotatable bonds is 6. The molecule has 0 saturated heterocycles. The van der Waals surface area contributed by atoms with Crippen molar-refractivity contribution in [2.45, 2.75) is 19.9 Å². The van der Waals surface area contributed by atoms with Gasteiger partial charge in [0.15, 0.2) is 0 Å². The van der Waals surface area contributed by atoms with Crippen molar-refractivity contribution in [3.05, 3.63) is 46.0 Å². The maximum atomic E-state index is 11.6. The molecule has 1 atom stereocenters. The lowest BCUT2D eigenvalue weighted by molar-refractivity contribution is -0.384. The van der Waals surface area contributed by atoms with E-state index in [9.17, 15) is 19.7 Å². The van der Waals surface area contributed by atoms with E-state index in [0.717, 1.165) is 0 Å². The van der Waals surface area contributed by atoms with Crippen molar-refractivity contribution in [2.24, 2.45) is 0 Å². The SMILES string of the molecule is CCNC(=O)[C@@H](C)NC(=O)/C=C/c1cccc([N+](=O)[O-])c1. The number of nitrogens with one attached hydrogen (secondary N) is 2. The van der Waals surface area contributed by atoms with Gasteiger partial charge in [0.05, 0.1) is 4.92 Å². The number of non-ortho nitro benzene ring substituents is 1. The zero-order chi connectivity index (χ0) is 15.8. The molecule has 0 saturated carbocycles. The van der Waals surface area contributed by atoms with Gasteiger partial charge in [0.1, 0.15) is 6.04 Å². The zero-order valence-electron chi connectivity index (χ0n) is 11.8. The number of nitrogens with zero attached hydrogens (tertiary/aromatic N) is 1. The molecule has 0 aliphatic carbocycles. The molecule has 0 fully saturated rings. The Bertz CT molecular complexity index is 569. The van der Waals surface area contributed by atoms with Gasteiger partial charge in [-0.2, -0.15) is 0 Å². The number of amides is 2. The highest BCUT2D eigenvalue weighted by Crippen LogP contribution is 2.13. The third-order valence-corrected chi connectivity index (χ3v) is 2.61. The van der Waals surface area contributed by atoms with Crippen molar-refractivity contribution in [1.82, 2.24) is 10.6 Å². The van der Waals surface area contributed by atoms with Crippen molar-refractivity contribution < 1.29 is 14.5 Å². The van der Waals surface area contributed by atoms with Gasteiger partial charge in [-0.25, -0.2) is 0 Å². The Balaban J connectivity index is 2.64. The van der Waals surface area contributed by atoms with E-state index >= 15 is 0 Å². The van der Waals surface area contributed by atoms with Gasteiger partial charge in [0.2, 0.25) is 11.8 Å². The highest BCUT2D eigenvalue weighted by Gasteiger charge is 2.12. The number of nitro benzene ring substituents is 1. The summed E-state index contributed by atoms with van der Waals surface area (Å²) in [4.78, 5) is 33.2. The second-order valence-electron chi connectivity index (χ2n) is 4.31. The fourth-order valence-corrected chi connectivity index (χ4v) is 1.57. The van der Waals surface area contributed by atoms with E-state index < -0.39 is 16.9 Å². The van der Waals surface area contributed by atoms with E-state index in [1.165, 1.54) is 30.4 Å². The van der Waals surface area contributed by atoms with E-state index in [1.54, 1.807) is 19.9 Å². The average Bonchev–Trinajstić information content (AvgIpc) is 2.45. The lowest BCUT2D eigenvalue weighted by atomic mass is 10.2. The van der Waals surface area contributed by atoms with Gasteiger partial charge < -0.3 is 10.6 Å². The van der Waals surface area contributed by atoms with Crippen LogP contribution in [0.3, 0.4) is 0 Å². The zero-order valence-corrected chi connectivity index (χ0v) is 11.8. The monoisotopic (exact) mass is 291 g/mol. The summed E-state index contributed by atoms with van der Waals surface area (Å²) in [7, 11) is 0. The molecule has 0 heterocycles. The van der Waals surface area contributed by atoms with Crippen LogP contribution in [0.2, 0.25) is 0 Å². The predicted octanol–water partition coefficient (Wildman–Crippen LogP) is 1.25. The molecule has 0 aromatic heterocycles. The molecular formula is C14H17N3O4. The number of hydrogen-bond acceptors (Lipinski definition) is 4. The molecule has 7 heteroatoms. The predicted molar refractivity (Wildman–Crippen MR) is 78.4 cm³/mol. The number of carbonyl (C=O) groups excluding carboxylic acids is 2. The third-order valence-electron chi connectivity index (χ3n) is 2.61. The molecule has 2 amide bonds. The van der Waals surface area contributed by atoms with Gasteiger partial charge >= 0.3 is 0 Å². The average molecular weight is 291 g/mol. The number of likely N-dealkylation sites (N-methyl/N-ethyl adjacent to an activating group) is 1. The van der Waals surface area contributed by atoms with E-state index in [4.69, 9.17) is 0 Å². The van der Waals surface area contributed by atoms with Crippen LogP contribution in [-0.2, 0) is 9.59 Å². The maximum Gasteiger partial charge on any atom is 0.270 e. The largest absolute Gasteiger partial charge is 0.355 e. The Labute approximate surface area is 122 Å². The minimum absolute atomic E-state index is 0.0479. The van der Waals surface area contributed by atoms with Crippen LogP contribution in [0.4, 0.5) is 5.69 Å². The normalized spacial score (nSPS) is 11.9.